The number of nitrogens with zero attached hydrogens (tertiary/aromatic N) is 2. The molecular formula is C15H18N2. The topological polar surface area (TPSA) is 27.0 Å². The molecule has 0 fully saturated rings. The fraction of sp³-hybridized carbons (Fsp3) is 0.400. The van der Waals surface area contributed by atoms with Crippen molar-refractivity contribution >= 4 is 5.69 Å². The highest BCUT2D eigenvalue weighted by Crippen LogP contribution is 2.18. The number of benzene rings is 1. The van der Waals surface area contributed by atoms with Crippen LogP contribution in [0.25, 0.3) is 0 Å². The van der Waals surface area contributed by atoms with E-state index in [0.717, 1.165) is 24.1 Å². The van der Waals surface area contributed by atoms with Gasteiger partial charge in [0.25, 0.3) is 0 Å². The lowest BCUT2D eigenvalue weighted by Crippen LogP contribution is -2.10. The van der Waals surface area contributed by atoms with Gasteiger partial charge < -0.3 is 4.90 Å². The van der Waals surface area contributed by atoms with E-state index in [1.54, 1.807) is 0 Å². The summed E-state index contributed by atoms with van der Waals surface area (Å²) in [5, 5.41) is 8.43. The molecule has 0 aromatic heterocycles. The Morgan fingerprint density at radius 2 is 2.00 bits per heavy atom. The Bertz CT molecular complexity index is 470. The minimum atomic E-state index is 0.586. The maximum Gasteiger partial charge on any atom is 0.0622 e. The Kier molecular flexibility index (Phi) is 5.11. The van der Waals surface area contributed by atoms with Gasteiger partial charge in [-0.1, -0.05) is 17.9 Å². The van der Waals surface area contributed by atoms with E-state index in [1.807, 2.05) is 14.1 Å². The van der Waals surface area contributed by atoms with Crippen LogP contribution in [0.15, 0.2) is 18.2 Å². The minimum absolute atomic E-state index is 0.586. The molecule has 2 heteroatoms. The van der Waals surface area contributed by atoms with Crippen molar-refractivity contribution in [2.75, 3.05) is 19.0 Å². The molecule has 1 aromatic carbocycles. The van der Waals surface area contributed by atoms with Crippen molar-refractivity contribution < 1.29 is 0 Å². The maximum absolute atomic E-state index is 8.43. The number of aryl methyl sites for hydroxylation is 1. The second-order valence-electron chi connectivity index (χ2n) is 4.23. The van der Waals surface area contributed by atoms with Crippen molar-refractivity contribution in [1.29, 1.82) is 5.26 Å². The van der Waals surface area contributed by atoms with E-state index in [0.29, 0.717) is 6.42 Å². The Labute approximate surface area is 104 Å². The van der Waals surface area contributed by atoms with Crippen molar-refractivity contribution in [1.82, 2.24) is 0 Å². The van der Waals surface area contributed by atoms with Gasteiger partial charge >= 0.3 is 0 Å². The predicted molar refractivity (Wildman–Crippen MR) is 71.8 cm³/mol. The molecule has 0 saturated heterocycles. The molecule has 0 heterocycles. The Morgan fingerprint density at radius 3 is 2.65 bits per heavy atom. The van der Waals surface area contributed by atoms with Gasteiger partial charge in [-0.15, -0.1) is 0 Å². The van der Waals surface area contributed by atoms with Crippen LogP contribution in [0.4, 0.5) is 5.69 Å². The molecule has 88 valence electrons. The van der Waals surface area contributed by atoms with Gasteiger partial charge in [0.15, 0.2) is 0 Å². The Balaban J connectivity index is 2.81. The van der Waals surface area contributed by atoms with Gasteiger partial charge in [0.2, 0.25) is 0 Å². The van der Waals surface area contributed by atoms with Gasteiger partial charge in [-0.3, -0.25) is 0 Å². The largest absolute Gasteiger partial charge is 0.377 e. The van der Waals surface area contributed by atoms with Gasteiger partial charge in [-0.2, -0.15) is 5.26 Å². The molecule has 0 N–H and O–H groups in total. The van der Waals surface area contributed by atoms with Crippen molar-refractivity contribution in [2.24, 2.45) is 0 Å². The van der Waals surface area contributed by atoms with E-state index in [9.17, 15) is 0 Å². The molecule has 0 atom stereocenters. The molecule has 0 unspecified atom stereocenters. The van der Waals surface area contributed by atoms with E-state index < -0.39 is 0 Å². The molecule has 0 amide bonds. The monoisotopic (exact) mass is 226 g/mol. The molecule has 0 bridgehead atoms. The van der Waals surface area contributed by atoms with Gasteiger partial charge in [0.1, 0.15) is 0 Å². The summed E-state index contributed by atoms with van der Waals surface area (Å²) in [6, 6.07) is 8.42. The summed E-state index contributed by atoms with van der Waals surface area (Å²) in [5.74, 6) is 6.32. The van der Waals surface area contributed by atoms with Gasteiger partial charge in [-0.05, 0) is 31.0 Å². The summed E-state index contributed by atoms with van der Waals surface area (Å²) in [7, 11) is 4.04. The first kappa shape index (κ1) is 13.1. The summed E-state index contributed by atoms with van der Waals surface area (Å²) >= 11 is 0. The normalized spacial score (nSPS) is 9.06. The average molecular weight is 226 g/mol. The predicted octanol–water partition coefficient (Wildman–Crippen LogP) is 3.11. The lowest BCUT2D eigenvalue weighted by atomic mass is 10.1. The van der Waals surface area contributed by atoms with Crippen LogP contribution in [0.3, 0.4) is 0 Å². The average Bonchev–Trinajstić information content (AvgIpc) is 2.28. The summed E-state index contributed by atoms with van der Waals surface area (Å²) < 4.78 is 0. The smallest absolute Gasteiger partial charge is 0.0622 e. The third-order valence-corrected chi connectivity index (χ3v) is 2.45. The molecule has 0 aliphatic carbocycles. The van der Waals surface area contributed by atoms with Gasteiger partial charge in [-0.25, -0.2) is 0 Å². The minimum Gasteiger partial charge on any atom is -0.377 e. The van der Waals surface area contributed by atoms with Crippen LogP contribution in [0.5, 0.6) is 0 Å². The molecule has 0 radical (unpaired) electrons. The van der Waals surface area contributed by atoms with Gasteiger partial charge in [0, 0.05) is 32.5 Å². The third kappa shape index (κ3) is 4.21. The van der Waals surface area contributed by atoms with Gasteiger partial charge in [0.05, 0.1) is 11.8 Å². The SMILES string of the molecule is Cc1ccc(N(C)C)c(C#CCCCC#N)c1. The van der Waals surface area contributed by atoms with Crippen LogP contribution in [0, 0.1) is 30.1 Å². The fourth-order valence-electron chi connectivity index (χ4n) is 1.55. The van der Waals surface area contributed by atoms with E-state index >= 15 is 0 Å². The van der Waals surface area contributed by atoms with E-state index in [4.69, 9.17) is 5.26 Å². The number of nitriles is 1. The van der Waals surface area contributed by atoms with Crippen LogP contribution >= 0.6 is 0 Å². The lowest BCUT2D eigenvalue weighted by Gasteiger charge is -2.14. The second-order valence-corrected chi connectivity index (χ2v) is 4.23. The number of hydrogen-bond acceptors (Lipinski definition) is 2. The van der Waals surface area contributed by atoms with Crippen molar-refractivity contribution in [3.63, 3.8) is 0 Å². The molecule has 2 nitrogen and oxygen atoms in total. The van der Waals surface area contributed by atoms with E-state index in [1.165, 1.54) is 5.56 Å². The number of anilines is 1. The highest BCUT2D eigenvalue weighted by molar-refractivity contribution is 5.61. The first-order chi connectivity index (χ1) is 8.15. The zero-order valence-electron chi connectivity index (χ0n) is 10.7. The van der Waals surface area contributed by atoms with Crippen LogP contribution < -0.4 is 4.90 Å². The highest BCUT2D eigenvalue weighted by Gasteiger charge is 2.01. The lowest BCUT2D eigenvalue weighted by molar-refractivity contribution is 0.894. The molecule has 0 aliphatic rings. The first-order valence-electron chi connectivity index (χ1n) is 5.79. The van der Waals surface area contributed by atoms with Crippen LogP contribution in [-0.2, 0) is 0 Å². The number of rotatable bonds is 3. The fourth-order valence-corrected chi connectivity index (χ4v) is 1.55. The zero-order valence-corrected chi connectivity index (χ0v) is 10.7. The molecule has 1 rings (SSSR count). The highest BCUT2D eigenvalue weighted by atomic mass is 15.1. The summed E-state index contributed by atoms with van der Waals surface area (Å²) in [4.78, 5) is 2.07. The quantitative estimate of drug-likeness (QED) is 0.585. The number of hydrogen-bond donors (Lipinski definition) is 0. The molecule has 0 aliphatic heterocycles. The second kappa shape index (κ2) is 6.61. The van der Waals surface area contributed by atoms with Crippen molar-refractivity contribution in [3.8, 4) is 17.9 Å². The van der Waals surface area contributed by atoms with E-state index in [-0.39, 0.29) is 0 Å². The Hall–Kier alpha value is -1.93. The number of unbranched alkanes of at least 4 members (excludes halogenated alkanes) is 2. The Morgan fingerprint density at radius 1 is 1.24 bits per heavy atom. The molecule has 1 aromatic rings. The molecule has 0 spiro atoms. The van der Waals surface area contributed by atoms with Crippen LogP contribution in [0.2, 0.25) is 0 Å². The summed E-state index contributed by atoms with van der Waals surface area (Å²) in [5.41, 5.74) is 3.42. The third-order valence-electron chi connectivity index (χ3n) is 2.45. The van der Waals surface area contributed by atoms with Crippen molar-refractivity contribution in [3.05, 3.63) is 29.3 Å². The molecule has 0 saturated carbocycles. The van der Waals surface area contributed by atoms with E-state index in [2.05, 4.69) is 47.9 Å². The maximum atomic E-state index is 8.43. The van der Waals surface area contributed by atoms with Crippen molar-refractivity contribution in [2.45, 2.75) is 26.2 Å². The standard InChI is InChI=1S/C15H18N2/c1-13-9-10-15(17(2)3)14(12-13)8-6-4-5-7-11-16/h9-10,12H,4-5,7H2,1-3H3. The summed E-state index contributed by atoms with van der Waals surface area (Å²) in [6.45, 7) is 2.07. The molecule has 17 heavy (non-hydrogen) atoms. The van der Waals surface area contributed by atoms with Crippen LogP contribution in [-0.4, -0.2) is 14.1 Å². The molecular weight excluding hydrogens is 208 g/mol. The van der Waals surface area contributed by atoms with Crippen LogP contribution in [0.1, 0.15) is 30.4 Å². The zero-order chi connectivity index (χ0) is 12.7. The first-order valence-corrected chi connectivity index (χ1v) is 5.79. The summed E-state index contributed by atoms with van der Waals surface area (Å²) in [6.07, 6.45) is 2.23.